The molecule has 0 aliphatic heterocycles. The van der Waals surface area contributed by atoms with Crippen LogP contribution in [0.1, 0.15) is 26.2 Å². The lowest BCUT2D eigenvalue weighted by Crippen LogP contribution is -2.39. The normalized spacial score (nSPS) is 47.5. The second-order valence-corrected chi connectivity index (χ2v) is 5.66. The van der Waals surface area contributed by atoms with E-state index in [4.69, 9.17) is 5.73 Å². The molecule has 0 spiro atoms. The summed E-state index contributed by atoms with van der Waals surface area (Å²) in [5, 5.41) is 3.03. The van der Waals surface area contributed by atoms with Crippen LogP contribution in [0.5, 0.6) is 0 Å². The van der Waals surface area contributed by atoms with Crippen molar-refractivity contribution in [3.8, 4) is 0 Å². The Morgan fingerprint density at radius 1 is 1.40 bits per heavy atom. The molecule has 84 valence electrons. The van der Waals surface area contributed by atoms with Crippen molar-refractivity contribution < 1.29 is 4.79 Å². The molecule has 3 fully saturated rings. The molecule has 0 saturated heterocycles. The van der Waals surface area contributed by atoms with Crippen LogP contribution in [-0.2, 0) is 4.79 Å². The number of hydrogen-bond acceptors (Lipinski definition) is 2. The van der Waals surface area contributed by atoms with Crippen LogP contribution in [0.25, 0.3) is 0 Å². The lowest BCUT2D eigenvalue weighted by Gasteiger charge is -2.13. The van der Waals surface area contributed by atoms with Crippen LogP contribution >= 0.6 is 0 Å². The summed E-state index contributed by atoms with van der Waals surface area (Å²) in [5.74, 6) is 3.88. The maximum atomic E-state index is 11.9. The number of nitrogens with two attached hydrogens (primary N) is 1. The monoisotopic (exact) mass is 208 g/mol. The zero-order valence-electron chi connectivity index (χ0n) is 9.28. The molecular formula is C12H20N2O. The Bertz CT molecular complexity index is 275. The fourth-order valence-corrected chi connectivity index (χ4v) is 4.07. The topological polar surface area (TPSA) is 55.1 Å². The fourth-order valence-electron chi connectivity index (χ4n) is 4.07. The van der Waals surface area contributed by atoms with Crippen LogP contribution in [0.15, 0.2) is 0 Å². The predicted molar refractivity (Wildman–Crippen MR) is 58.0 cm³/mol. The molecule has 3 N–H and O–H groups in total. The van der Waals surface area contributed by atoms with Gasteiger partial charge in [0.05, 0.1) is 0 Å². The number of fused-ring (bicyclic) bond motifs is 5. The quantitative estimate of drug-likeness (QED) is 0.719. The number of hydrogen-bond donors (Lipinski definition) is 2. The molecule has 0 aromatic rings. The van der Waals surface area contributed by atoms with Gasteiger partial charge in [-0.05, 0) is 49.9 Å². The van der Waals surface area contributed by atoms with Gasteiger partial charge in [0.1, 0.15) is 0 Å². The van der Waals surface area contributed by atoms with E-state index in [1.165, 1.54) is 19.3 Å². The third kappa shape index (κ3) is 1.32. The zero-order chi connectivity index (χ0) is 10.6. The van der Waals surface area contributed by atoms with Crippen molar-refractivity contribution in [1.29, 1.82) is 0 Å². The molecule has 3 rings (SSSR count). The summed E-state index contributed by atoms with van der Waals surface area (Å²) in [6.45, 7) is 2.52. The van der Waals surface area contributed by atoms with Crippen molar-refractivity contribution in [2.75, 3.05) is 6.54 Å². The molecule has 15 heavy (non-hydrogen) atoms. The first-order valence-electron chi connectivity index (χ1n) is 6.22. The van der Waals surface area contributed by atoms with Crippen LogP contribution in [-0.4, -0.2) is 18.5 Å². The second-order valence-electron chi connectivity index (χ2n) is 5.66. The molecule has 3 heteroatoms. The minimum Gasteiger partial charge on any atom is -0.352 e. The maximum absolute atomic E-state index is 11.9. The van der Waals surface area contributed by atoms with Gasteiger partial charge in [-0.15, -0.1) is 0 Å². The number of amides is 1. The Hall–Kier alpha value is -0.570. The average Bonchev–Trinajstić information content (AvgIpc) is 2.68. The van der Waals surface area contributed by atoms with Crippen LogP contribution < -0.4 is 11.1 Å². The SMILES string of the molecule is C[C@@H](CN)NC(=O)C1C2C3CCC(C3)C12. The van der Waals surface area contributed by atoms with E-state index in [2.05, 4.69) is 5.32 Å². The number of nitrogens with one attached hydrogen (secondary N) is 1. The Labute approximate surface area is 90.8 Å². The fraction of sp³-hybridized carbons (Fsp3) is 0.917. The summed E-state index contributed by atoms with van der Waals surface area (Å²) in [7, 11) is 0. The molecular weight excluding hydrogens is 188 g/mol. The Balaban J connectivity index is 1.60. The molecule has 5 atom stereocenters. The van der Waals surface area contributed by atoms with Crippen LogP contribution in [0.3, 0.4) is 0 Å². The molecule has 2 bridgehead atoms. The zero-order valence-corrected chi connectivity index (χ0v) is 9.28. The Morgan fingerprint density at radius 3 is 2.53 bits per heavy atom. The number of rotatable bonds is 3. The van der Waals surface area contributed by atoms with Gasteiger partial charge in [-0.2, -0.15) is 0 Å². The standard InChI is InChI=1S/C12H20N2O/c1-6(5-13)14-12(15)11-9-7-2-3-8(4-7)10(9)11/h6-11H,2-5,13H2,1H3,(H,14,15)/t6-,7?,8?,9?,10?,11?/m0/s1. The Morgan fingerprint density at radius 2 is 2.00 bits per heavy atom. The molecule has 0 heterocycles. The van der Waals surface area contributed by atoms with E-state index < -0.39 is 0 Å². The Kier molecular flexibility index (Phi) is 2.06. The van der Waals surface area contributed by atoms with E-state index in [1.54, 1.807) is 0 Å². The average molecular weight is 208 g/mol. The highest BCUT2D eigenvalue weighted by Crippen LogP contribution is 2.69. The van der Waals surface area contributed by atoms with E-state index in [9.17, 15) is 4.79 Å². The first kappa shape index (κ1) is 9.64. The summed E-state index contributed by atoms with van der Waals surface area (Å²) < 4.78 is 0. The van der Waals surface area contributed by atoms with Gasteiger partial charge >= 0.3 is 0 Å². The largest absolute Gasteiger partial charge is 0.352 e. The van der Waals surface area contributed by atoms with Gasteiger partial charge in [-0.3, -0.25) is 4.79 Å². The molecule has 0 aromatic carbocycles. The summed E-state index contributed by atoms with van der Waals surface area (Å²) in [6.07, 6.45) is 4.16. The molecule has 1 amide bonds. The lowest BCUT2D eigenvalue weighted by atomic mass is 10.0. The van der Waals surface area contributed by atoms with Crippen molar-refractivity contribution >= 4 is 5.91 Å². The van der Waals surface area contributed by atoms with Gasteiger partial charge in [0, 0.05) is 18.5 Å². The molecule has 4 unspecified atom stereocenters. The van der Waals surface area contributed by atoms with Crippen LogP contribution in [0, 0.1) is 29.6 Å². The second kappa shape index (κ2) is 3.21. The van der Waals surface area contributed by atoms with Gasteiger partial charge in [-0.25, -0.2) is 0 Å². The highest BCUT2D eigenvalue weighted by atomic mass is 16.2. The first-order valence-corrected chi connectivity index (χ1v) is 6.22. The molecule has 3 nitrogen and oxygen atoms in total. The van der Waals surface area contributed by atoms with Crippen molar-refractivity contribution in [2.24, 2.45) is 35.3 Å². The van der Waals surface area contributed by atoms with Crippen molar-refractivity contribution in [3.05, 3.63) is 0 Å². The summed E-state index contributed by atoms with van der Waals surface area (Å²) in [4.78, 5) is 11.9. The van der Waals surface area contributed by atoms with Crippen molar-refractivity contribution in [1.82, 2.24) is 5.32 Å². The first-order chi connectivity index (χ1) is 7.22. The van der Waals surface area contributed by atoms with E-state index in [-0.39, 0.29) is 11.9 Å². The summed E-state index contributed by atoms with van der Waals surface area (Å²) in [5.41, 5.74) is 5.51. The predicted octanol–water partition coefficient (Wildman–Crippen LogP) is 0.742. The lowest BCUT2D eigenvalue weighted by molar-refractivity contribution is -0.123. The molecule has 3 saturated carbocycles. The summed E-state index contributed by atoms with van der Waals surface area (Å²) in [6, 6.07) is 0.136. The van der Waals surface area contributed by atoms with Crippen LogP contribution in [0.4, 0.5) is 0 Å². The molecule has 3 aliphatic rings. The van der Waals surface area contributed by atoms with Crippen molar-refractivity contribution in [2.45, 2.75) is 32.2 Å². The highest BCUT2D eigenvalue weighted by molar-refractivity contribution is 5.83. The van der Waals surface area contributed by atoms with Gasteiger partial charge in [-0.1, -0.05) is 0 Å². The van der Waals surface area contributed by atoms with Gasteiger partial charge in [0.15, 0.2) is 0 Å². The minimum absolute atomic E-state index is 0.136. The molecule has 0 aromatic heterocycles. The van der Waals surface area contributed by atoms with E-state index >= 15 is 0 Å². The summed E-state index contributed by atoms with van der Waals surface area (Å²) >= 11 is 0. The molecule has 3 aliphatic carbocycles. The van der Waals surface area contributed by atoms with Gasteiger partial charge in [0.25, 0.3) is 0 Å². The number of carbonyl (C=O) groups excluding carboxylic acids is 1. The third-order valence-electron chi connectivity index (χ3n) is 4.78. The number of carbonyl (C=O) groups is 1. The molecule has 0 radical (unpaired) electrons. The van der Waals surface area contributed by atoms with E-state index in [0.717, 1.165) is 23.7 Å². The van der Waals surface area contributed by atoms with Crippen LogP contribution in [0.2, 0.25) is 0 Å². The van der Waals surface area contributed by atoms with Crippen molar-refractivity contribution in [3.63, 3.8) is 0 Å². The maximum Gasteiger partial charge on any atom is 0.223 e. The van der Waals surface area contributed by atoms with Gasteiger partial charge < -0.3 is 11.1 Å². The third-order valence-corrected chi connectivity index (χ3v) is 4.78. The van der Waals surface area contributed by atoms with E-state index in [0.29, 0.717) is 12.5 Å². The smallest absolute Gasteiger partial charge is 0.223 e. The highest BCUT2D eigenvalue weighted by Gasteiger charge is 2.67. The van der Waals surface area contributed by atoms with Gasteiger partial charge in [0.2, 0.25) is 5.91 Å². The van der Waals surface area contributed by atoms with E-state index in [1.807, 2.05) is 6.92 Å². The minimum atomic E-state index is 0.136.